The van der Waals surface area contributed by atoms with Crippen LogP contribution in [0.2, 0.25) is 0 Å². The first-order valence-corrected chi connectivity index (χ1v) is 7.52. The molecule has 1 spiro atoms. The maximum absolute atomic E-state index is 11.9. The minimum absolute atomic E-state index is 0.0994. The van der Waals surface area contributed by atoms with Crippen LogP contribution in [0.25, 0.3) is 0 Å². The number of rotatable bonds is 5. The molecule has 1 atom stereocenters. The van der Waals surface area contributed by atoms with Gasteiger partial charge in [0.1, 0.15) is 17.6 Å². The van der Waals surface area contributed by atoms with Gasteiger partial charge in [0.15, 0.2) is 0 Å². The van der Waals surface area contributed by atoms with Gasteiger partial charge in [0, 0.05) is 13.5 Å². The zero-order chi connectivity index (χ0) is 14.0. The first-order valence-electron chi connectivity index (χ1n) is 7.52. The second-order valence-corrected chi connectivity index (χ2v) is 5.98. The lowest BCUT2D eigenvalue weighted by molar-refractivity contribution is -0.151. The molecule has 1 unspecified atom stereocenters. The number of hydrogen-bond acceptors (Lipinski definition) is 3. The van der Waals surface area contributed by atoms with Crippen LogP contribution in [0.3, 0.4) is 0 Å². The van der Waals surface area contributed by atoms with Gasteiger partial charge >= 0.3 is 0 Å². The highest BCUT2D eigenvalue weighted by Gasteiger charge is 2.57. The summed E-state index contributed by atoms with van der Waals surface area (Å²) in [5.74, 6) is 1.30. The molecular weight excluding hydrogens is 252 g/mol. The molecule has 2 fully saturated rings. The molecule has 3 rings (SSSR count). The van der Waals surface area contributed by atoms with E-state index in [4.69, 9.17) is 9.47 Å². The van der Waals surface area contributed by atoms with Crippen molar-refractivity contribution in [1.29, 1.82) is 0 Å². The van der Waals surface area contributed by atoms with Crippen LogP contribution >= 0.6 is 0 Å². The van der Waals surface area contributed by atoms with E-state index in [1.807, 2.05) is 12.1 Å². The molecule has 1 aromatic rings. The highest BCUT2D eigenvalue weighted by Crippen LogP contribution is 2.51. The van der Waals surface area contributed by atoms with E-state index in [2.05, 4.69) is 12.1 Å². The second-order valence-electron chi connectivity index (χ2n) is 5.98. The molecule has 2 saturated carbocycles. The van der Waals surface area contributed by atoms with Crippen molar-refractivity contribution in [1.82, 2.24) is 0 Å². The van der Waals surface area contributed by atoms with Crippen LogP contribution in [0.5, 0.6) is 5.75 Å². The Bertz CT molecular complexity index is 472. The van der Waals surface area contributed by atoms with Gasteiger partial charge in [-0.05, 0) is 37.0 Å². The summed E-state index contributed by atoms with van der Waals surface area (Å²) in [6, 6.07) is 8.18. The first-order chi connectivity index (χ1) is 9.74. The molecule has 3 heteroatoms. The molecule has 0 amide bonds. The van der Waals surface area contributed by atoms with Crippen LogP contribution in [0.4, 0.5) is 0 Å². The van der Waals surface area contributed by atoms with Crippen LogP contribution < -0.4 is 4.74 Å². The third-order valence-corrected chi connectivity index (χ3v) is 4.83. The summed E-state index contributed by atoms with van der Waals surface area (Å²) in [5, 5.41) is 0. The number of benzene rings is 1. The number of ketones is 1. The van der Waals surface area contributed by atoms with E-state index < -0.39 is 0 Å². The van der Waals surface area contributed by atoms with Crippen molar-refractivity contribution in [3.8, 4) is 5.75 Å². The predicted molar refractivity (Wildman–Crippen MR) is 77.0 cm³/mol. The molecule has 0 radical (unpaired) electrons. The molecule has 0 aromatic heterocycles. The third kappa shape index (κ3) is 2.35. The van der Waals surface area contributed by atoms with E-state index in [1.165, 1.54) is 18.4 Å². The van der Waals surface area contributed by atoms with Crippen molar-refractivity contribution < 1.29 is 14.3 Å². The quantitative estimate of drug-likeness (QED) is 0.827. The van der Waals surface area contributed by atoms with Crippen molar-refractivity contribution in [2.75, 3.05) is 13.7 Å². The zero-order valence-corrected chi connectivity index (χ0v) is 12.1. The van der Waals surface area contributed by atoms with Crippen LogP contribution in [-0.4, -0.2) is 25.6 Å². The molecule has 0 saturated heterocycles. The monoisotopic (exact) mass is 274 g/mol. The Labute approximate surface area is 120 Å². The minimum atomic E-state index is -0.144. The summed E-state index contributed by atoms with van der Waals surface area (Å²) < 4.78 is 11.1. The Morgan fingerprint density at radius 2 is 1.90 bits per heavy atom. The molecule has 1 aromatic carbocycles. The van der Waals surface area contributed by atoms with E-state index in [-0.39, 0.29) is 11.5 Å². The standard InChI is InChI=1S/C17H22O3/c1-19-11-8-13-4-6-14(7-5-13)20-16-12-15(18)17(16)9-2-3-10-17/h4-7,16H,2-3,8-12H2,1H3. The number of carbonyl (C=O) groups excluding carboxylic acids is 1. The van der Waals surface area contributed by atoms with Gasteiger partial charge in [0.05, 0.1) is 12.0 Å². The van der Waals surface area contributed by atoms with Crippen molar-refractivity contribution in [2.24, 2.45) is 5.41 Å². The fourth-order valence-electron chi connectivity index (χ4n) is 3.50. The average molecular weight is 274 g/mol. The Morgan fingerprint density at radius 1 is 1.20 bits per heavy atom. The molecule has 0 heterocycles. The van der Waals surface area contributed by atoms with Crippen LogP contribution in [0.15, 0.2) is 24.3 Å². The maximum atomic E-state index is 11.9. The van der Waals surface area contributed by atoms with Gasteiger partial charge in [0.2, 0.25) is 0 Å². The number of Topliss-reactive ketones (excluding diaryl/α,β-unsaturated/α-hetero) is 1. The minimum Gasteiger partial charge on any atom is -0.489 e. The molecule has 3 nitrogen and oxygen atoms in total. The lowest BCUT2D eigenvalue weighted by atomic mass is 9.63. The lowest BCUT2D eigenvalue weighted by Crippen LogP contribution is -2.55. The largest absolute Gasteiger partial charge is 0.489 e. The molecule has 2 aliphatic rings. The van der Waals surface area contributed by atoms with Crippen molar-refractivity contribution in [3.63, 3.8) is 0 Å². The maximum Gasteiger partial charge on any atom is 0.146 e. The normalized spacial score (nSPS) is 23.9. The predicted octanol–water partition coefficient (Wildman–Crippen LogP) is 3.16. The highest BCUT2D eigenvalue weighted by atomic mass is 16.5. The van der Waals surface area contributed by atoms with E-state index in [1.54, 1.807) is 7.11 Å². The van der Waals surface area contributed by atoms with Crippen LogP contribution in [0.1, 0.15) is 37.7 Å². The Balaban J connectivity index is 1.62. The average Bonchev–Trinajstić information content (AvgIpc) is 2.99. The van der Waals surface area contributed by atoms with Gasteiger partial charge in [-0.1, -0.05) is 25.0 Å². The van der Waals surface area contributed by atoms with E-state index in [0.29, 0.717) is 12.2 Å². The number of ether oxygens (including phenoxy) is 2. The molecule has 108 valence electrons. The molecule has 2 aliphatic carbocycles. The van der Waals surface area contributed by atoms with Crippen LogP contribution in [-0.2, 0) is 16.0 Å². The summed E-state index contributed by atoms with van der Waals surface area (Å²) in [6.07, 6.45) is 5.98. The summed E-state index contributed by atoms with van der Waals surface area (Å²) in [4.78, 5) is 11.9. The molecule has 0 N–H and O–H groups in total. The Kier molecular flexibility index (Phi) is 3.79. The zero-order valence-electron chi connectivity index (χ0n) is 12.1. The highest BCUT2D eigenvalue weighted by molar-refractivity contribution is 5.92. The number of carbonyl (C=O) groups is 1. The summed E-state index contributed by atoms with van der Waals surface area (Å²) in [5.41, 5.74) is 1.11. The molecular formula is C17H22O3. The fourth-order valence-corrected chi connectivity index (χ4v) is 3.50. The lowest BCUT2D eigenvalue weighted by Gasteiger charge is -2.44. The summed E-state index contributed by atoms with van der Waals surface area (Å²) in [7, 11) is 1.71. The fraction of sp³-hybridized carbons (Fsp3) is 0.588. The molecule has 0 aliphatic heterocycles. The SMILES string of the molecule is COCCc1ccc(OC2CC(=O)C23CCCC3)cc1. The second kappa shape index (κ2) is 5.57. The van der Waals surface area contributed by atoms with Gasteiger partial charge in [-0.25, -0.2) is 0 Å². The van der Waals surface area contributed by atoms with Gasteiger partial charge in [0.25, 0.3) is 0 Å². The van der Waals surface area contributed by atoms with Crippen molar-refractivity contribution >= 4 is 5.78 Å². The third-order valence-electron chi connectivity index (χ3n) is 4.83. The number of methoxy groups -OCH3 is 1. The van der Waals surface area contributed by atoms with E-state index >= 15 is 0 Å². The van der Waals surface area contributed by atoms with Gasteiger partial charge < -0.3 is 9.47 Å². The van der Waals surface area contributed by atoms with Crippen LogP contribution in [0, 0.1) is 5.41 Å². The summed E-state index contributed by atoms with van der Waals surface area (Å²) >= 11 is 0. The number of hydrogen-bond donors (Lipinski definition) is 0. The van der Waals surface area contributed by atoms with E-state index in [0.717, 1.165) is 31.6 Å². The smallest absolute Gasteiger partial charge is 0.146 e. The van der Waals surface area contributed by atoms with Gasteiger partial charge in [-0.3, -0.25) is 4.79 Å². The Morgan fingerprint density at radius 3 is 2.50 bits per heavy atom. The molecule has 0 bridgehead atoms. The van der Waals surface area contributed by atoms with Gasteiger partial charge in [-0.2, -0.15) is 0 Å². The summed E-state index contributed by atoms with van der Waals surface area (Å²) in [6.45, 7) is 0.737. The van der Waals surface area contributed by atoms with Gasteiger partial charge in [-0.15, -0.1) is 0 Å². The van der Waals surface area contributed by atoms with Crippen molar-refractivity contribution in [3.05, 3.63) is 29.8 Å². The first kappa shape index (κ1) is 13.6. The van der Waals surface area contributed by atoms with Crippen molar-refractivity contribution in [2.45, 2.75) is 44.6 Å². The Hall–Kier alpha value is -1.35. The topological polar surface area (TPSA) is 35.5 Å². The molecule has 20 heavy (non-hydrogen) atoms. The van der Waals surface area contributed by atoms with E-state index in [9.17, 15) is 4.79 Å².